The van der Waals surface area contributed by atoms with Crippen molar-refractivity contribution in [3.63, 3.8) is 0 Å². The van der Waals surface area contributed by atoms with Crippen LogP contribution in [-0.4, -0.2) is 40.8 Å². The Morgan fingerprint density at radius 1 is 1.40 bits per heavy atom. The number of nitrogens with zero attached hydrogens (tertiary/aromatic N) is 1. The van der Waals surface area contributed by atoms with Crippen LogP contribution >= 0.6 is 0 Å². The lowest BCUT2D eigenvalue weighted by atomic mass is 9.92. The summed E-state index contributed by atoms with van der Waals surface area (Å²) in [6.45, 7) is 8.16. The Hall–Kier alpha value is -0.120. The summed E-state index contributed by atoms with van der Waals surface area (Å²) < 4.78 is 0. The van der Waals surface area contributed by atoms with E-state index >= 15 is 0 Å². The third-order valence-corrected chi connectivity index (χ3v) is 3.87. The van der Waals surface area contributed by atoms with Crippen LogP contribution in [0.5, 0.6) is 0 Å². The van der Waals surface area contributed by atoms with Crippen molar-refractivity contribution >= 4 is 0 Å². The number of rotatable bonds is 4. The lowest BCUT2D eigenvalue weighted by Crippen LogP contribution is -2.51. The average molecular weight is 214 g/mol. The smallest absolute Gasteiger partial charge is 0.0769 e. The molecule has 0 radical (unpaired) electrons. The first-order valence-corrected chi connectivity index (χ1v) is 6.22. The summed E-state index contributed by atoms with van der Waals surface area (Å²) in [7, 11) is 0. The van der Waals surface area contributed by atoms with Gasteiger partial charge in [-0.25, -0.2) is 0 Å². The van der Waals surface area contributed by atoms with Gasteiger partial charge >= 0.3 is 0 Å². The van der Waals surface area contributed by atoms with Gasteiger partial charge in [0.15, 0.2) is 0 Å². The molecule has 0 spiro atoms. The second-order valence-electron chi connectivity index (χ2n) is 5.04. The molecule has 0 amide bonds. The monoisotopic (exact) mass is 214 g/mol. The van der Waals surface area contributed by atoms with Crippen LogP contribution in [0.25, 0.3) is 0 Å². The summed E-state index contributed by atoms with van der Waals surface area (Å²) >= 11 is 0. The first kappa shape index (κ1) is 12.9. The van der Waals surface area contributed by atoms with Gasteiger partial charge in [-0.05, 0) is 32.6 Å². The van der Waals surface area contributed by atoms with E-state index in [2.05, 4.69) is 25.7 Å². The van der Waals surface area contributed by atoms with Crippen LogP contribution in [0.15, 0.2) is 0 Å². The summed E-state index contributed by atoms with van der Waals surface area (Å²) in [6.07, 6.45) is 3.79. The van der Waals surface area contributed by atoms with E-state index in [1.165, 1.54) is 0 Å². The number of piperidine rings is 1. The minimum Gasteiger partial charge on any atom is -0.389 e. The molecule has 15 heavy (non-hydrogen) atoms. The van der Waals surface area contributed by atoms with Crippen molar-refractivity contribution in [1.82, 2.24) is 4.90 Å². The van der Waals surface area contributed by atoms with Crippen molar-refractivity contribution in [3.05, 3.63) is 0 Å². The second kappa shape index (κ2) is 5.28. The lowest BCUT2D eigenvalue weighted by molar-refractivity contribution is -0.0218. The molecule has 0 aliphatic carbocycles. The molecule has 1 aliphatic heterocycles. The first-order valence-electron chi connectivity index (χ1n) is 6.22. The van der Waals surface area contributed by atoms with E-state index in [1.54, 1.807) is 0 Å². The van der Waals surface area contributed by atoms with Crippen LogP contribution in [0.3, 0.4) is 0 Å². The van der Waals surface area contributed by atoms with E-state index in [9.17, 15) is 5.11 Å². The summed E-state index contributed by atoms with van der Waals surface area (Å²) in [6, 6.07) is 0.867. The predicted octanol–water partition coefficient (Wildman–Crippen LogP) is 1.35. The van der Waals surface area contributed by atoms with Gasteiger partial charge in [-0.1, -0.05) is 13.8 Å². The second-order valence-corrected chi connectivity index (χ2v) is 5.04. The molecule has 3 heteroatoms. The third kappa shape index (κ3) is 3.44. The van der Waals surface area contributed by atoms with Gasteiger partial charge < -0.3 is 10.8 Å². The van der Waals surface area contributed by atoms with Gasteiger partial charge in [0.25, 0.3) is 0 Å². The molecule has 2 unspecified atom stereocenters. The van der Waals surface area contributed by atoms with Gasteiger partial charge in [-0.15, -0.1) is 0 Å². The van der Waals surface area contributed by atoms with Crippen LogP contribution in [0, 0.1) is 0 Å². The number of hydrogen-bond donors (Lipinski definition) is 2. The Kier molecular flexibility index (Phi) is 4.56. The summed E-state index contributed by atoms with van der Waals surface area (Å²) in [5.41, 5.74) is 5.42. The molecule has 0 bridgehead atoms. The minimum absolute atomic E-state index is 0.354. The standard InChI is InChI=1S/C12H26N2O/c1-4-12(15,5-2)9-14-7-6-11(13)8-10(14)3/h10-11,15H,4-9,13H2,1-3H3. The zero-order chi connectivity index (χ0) is 11.5. The molecule has 1 heterocycles. The van der Waals surface area contributed by atoms with Crippen LogP contribution < -0.4 is 5.73 Å². The quantitative estimate of drug-likeness (QED) is 0.742. The SMILES string of the molecule is CCC(O)(CC)CN1CCC(N)CC1C. The van der Waals surface area contributed by atoms with E-state index in [0.29, 0.717) is 12.1 Å². The Bertz CT molecular complexity index is 192. The molecule has 2 atom stereocenters. The zero-order valence-electron chi connectivity index (χ0n) is 10.4. The van der Waals surface area contributed by atoms with E-state index in [0.717, 1.165) is 38.8 Å². The summed E-state index contributed by atoms with van der Waals surface area (Å²) in [5, 5.41) is 10.3. The van der Waals surface area contributed by atoms with E-state index in [-0.39, 0.29) is 0 Å². The molecule has 3 nitrogen and oxygen atoms in total. The number of hydrogen-bond acceptors (Lipinski definition) is 3. The van der Waals surface area contributed by atoms with Gasteiger partial charge in [-0.2, -0.15) is 0 Å². The normalized spacial score (nSPS) is 29.4. The van der Waals surface area contributed by atoms with E-state index < -0.39 is 5.60 Å². The topological polar surface area (TPSA) is 49.5 Å². The average Bonchev–Trinajstić information content (AvgIpc) is 2.22. The van der Waals surface area contributed by atoms with Crippen molar-refractivity contribution in [2.24, 2.45) is 5.73 Å². The lowest BCUT2D eigenvalue weighted by Gasteiger charge is -2.41. The summed E-state index contributed by atoms with van der Waals surface area (Å²) in [4.78, 5) is 2.39. The highest BCUT2D eigenvalue weighted by molar-refractivity contribution is 4.87. The Balaban J connectivity index is 2.50. The molecule has 1 fully saturated rings. The Labute approximate surface area is 93.6 Å². The fourth-order valence-electron chi connectivity index (χ4n) is 2.34. The summed E-state index contributed by atoms with van der Waals surface area (Å²) in [5.74, 6) is 0. The van der Waals surface area contributed by atoms with E-state index in [1.807, 2.05) is 0 Å². The molecule has 1 rings (SSSR count). The van der Waals surface area contributed by atoms with Crippen LogP contribution in [0.2, 0.25) is 0 Å². The zero-order valence-corrected chi connectivity index (χ0v) is 10.4. The number of aliphatic hydroxyl groups is 1. The minimum atomic E-state index is -0.504. The van der Waals surface area contributed by atoms with Crippen LogP contribution in [-0.2, 0) is 0 Å². The number of nitrogens with two attached hydrogens (primary N) is 1. The van der Waals surface area contributed by atoms with Gasteiger partial charge in [-0.3, -0.25) is 4.90 Å². The van der Waals surface area contributed by atoms with Crippen molar-refractivity contribution in [1.29, 1.82) is 0 Å². The number of likely N-dealkylation sites (tertiary alicyclic amines) is 1. The highest BCUT2D eigenvalue weighted by Crippen LogP contribution is 2.22. The van der Waals surface area contributed by atoms with Crippen molar-refractivity contribution in [3.8, 4) is 0 Å². The molecule has 0 aromatic heterocycles. The molecule has 0 aromatic rings. The molecule has 90 valence electrons. The molecule has 0 aromatic carbocycles. The molecular weight excluding hydrogens is 188 g/mol. The maximum Gasteiger partial charge on any atom is 0.0769 e. The van der Waals surface area contributed by atoms with E-state index in [4.69, 9.17) is 5.73 Å². The number of β-amino-alcohol motifs (C(OH)–C–C–N with tert-alkyl or cyclic N) is 1. The maximum absolute atomic E-state index is 10.3. The highest BCUT2D eigenvalue weighted by atomic mass is 16.3. The van der Waals surface area contributed by atoms with Crippen LogP contribution in [0.4, 0.5) is 0 Å². The van der Waals surface area contributed by atoms with Crippen molar-refractivity contribution in [2.75, 3.05) is 13.1 Å². The van der Waals surface area contributed by atoms with Gasteiger partial charge in [0.05, 0.1) is 5.60 Å². The Morgan fingerprint density at radius 3 is 2.47 bits per heavy atom. The molecule has 1 aliphatic rings. The van der Waals surface area contributed by atoms with Gasteiger partial charge in [0.1, 0.15) is 0 Å². The molecule has 3 N–H and O–H groups in total. The van der Waals surface area contributed by atoms with Crippen LogP contribution in [0.1, 0.15) is 46.5 Å². The predicted molar refractivity (Wildman–Crippen MR) is 63.8 cm³/mol. The largest absolute Gasteiger partial charge is 0.389 e. The third-order valence-electron chi connectivity index (χ3n) is 3.87. The van der Waals surface area contributed by atoms with Gasteiger partial charge in [0.2, 0.25) is 0 Å². The molecule has 0 saturated carbocycles. The fraction of sp³-hybridized carbons (Fsp3) is 1.00. The van der Waals surface area contributed by atoms with Gasteiger partial charge in [0, 0.05) is 25.2 Å². The fourth-order valence-corrected chi connectivity index (χ4v) is 2.34. The molecular formula is C12H26N2O. The highest BCUT2D eigenvalue weighted by Gasteiger charge is 2.30. The Morgan fingerprint density at radius 2 is 2.00 bits per heavy atom. The first-order chi connectivity index (χ1) is 7.00. The molecule has 1 saturated heterocycles. The van der Waals surface area contributed by atoms with Crippen molar-refractivity contribution in [2.45, 2.75) is 64.1 Å². The van der Waals surface area contributed by atoms with Crippen molar-refractivity contribution < 1.29 is 5.11 Å². The maximum atomic E-state index is 10.3.